The summed E-state index contributed by atoms with van der Waals surface area (Å²) in [6.07, 6.45) is 11.8. The molecule has 2 aromatic carbocycles. The van der Waals surface area contributed by atoms with Crippen molar-refractivity contribution in [3.8, 4) is 5.75 Å². The van der Waals surface area contributed by atoms with Gasteiger partial charge in [0.2, 0.25) is 0 Å². The molecule has 0 amide bonds. The van der Waals surface area contributed by atoms with Crippen LogP contribution in [0.2, 0.25) is 0 Å². The molecule has 0 aromatic heterocycles. The fraction of sp³-hybridized carbons (Fsp3) is 0.545. The second-order valence-corrected chi connectivity index (χ2v) is 8.69. The summed E-state index contributed by atoms with van der Waals surface area (Å²) >= 11 is 0. The molecule has 0 aliphatic rings. The largest absolute Gasteiger partial charge is 0.382 e. The minimum atomic E-state index is -3.53. The minimum Gasteiger partial charge on any atom is -0.382 e. The normalized spacial score (nSPS) is 11.7. The lowest BCUT2D eigenvalue weighted by molar-refractivity contribution is 0.484. The SMILES string of the molecule is CCCCCCCCCCCCS(=O)(=O)Oc1cccc2ccccc12. The third-order valence-corrected chi connectivity index (χ3v) is 5.94. The fourth-order valence-electron chi connectivity index (χ4n) is 3.21. The monoisotopic (exact) mass is 376 g/mol. The van der Waals surface area contributed by atoms with E-state index in [4.69, 9.17) is 4.18 Å². The van der Waals surface area contributed by atoms with Crippen LogP contribution in [0.1, 0.15) is 71.1 Å². The summed E-state index contributed by atoms with van der Waals surface area (Å²) in [4.78, 5) is 0. The summed E-state index contributed by atoms with van der Waals surface area (Å²) in [5.74, 6) is 0.516. The van der Waals surface area contributed by atoms with E-state index in [1.54, 1.807) is 6.07 Å². The molecule has 0 aliphatic carbocycles. The molecule has 0 aliphatic heterocycles. The quantitative estimate of drug-likeness (QED) is 0.297. The highest BCUT2D eigenvalue weighted by Gasteiger charge is 2.14. The summed E-state index contributed by atoms with van der Waals surface area (Å²) in [5.41, 5.74) is 0. The third kappa shape index (κ3) is 7.36. The van der Waals surface area contributed by atoms with Crippen LogP contribution in [0.5, 0.6) is 5.75 Å². The first-order valence-corrected chi connectivity index (χ1v) is 11.6. The topological polar surface area (TPSA) is 43.4 Å². The van der Waals surface area contributed by atoms with Crippen molar-refractivity contribution < 1.29 is 12.6 Å². The Bertz CT molecular complexity index is 748. The van der Waals surface area contributed by atoms with Gasteiger partial charge in [0.15, 0.2) is 0 Å². The summed E-state index contributed by atoms with van der Waals surface area (Å²) in [6.45, 7) is 2.23. The second-order valence-electron chi connectivity index (χ2n) is 7.00. The molecule has 2 aromatic rings. The Hall–Kier alpha value is -1.55. The molecule has 26 heavy (non-hydrogen) atoms. The number of benzene rings is 2. The standard InChI is InChI=1S/C22H32O3S/c1-2-3-4-5-6-7-8-9-10-13-19-26(23,24)25-22-18-14-16-20-15-11-12-17-21(20)22/h11-12,14-18H,2-10,13,19H2,1H3. The van der Waals surface area contributed by atoms with Gasteiger partial charge >= 0.3 is 10.1 Å². The number of rotatable bonds is 13. The van der Waals surface area contributed by atoms with Crippen LogP contribution in [0.25, 0.3) is 10.8 Å². The van der Waals surface area contributed by atoms with Crippen LogP contribution < -0.4 is 4.18 Å². The first-order chi connectivity index (χ1) is 12.6. The molecule has 0 saturated carbocycles. The molecule has 0 radical (unpaired) electrons. The maximum Gasteiger partial charge on any atom is 0.309 e. The van der Waals surface area contributed by atoms with Gasteiger partial charge in [0, 0.05) is 5.39 Å². The average molecular weight is 377 g/mol. The highest BCUT2D eigenvalue weighted by Crippen LogP contribution is 2.26. The van der Waals surface area contributed by atoms with Crippen molar-refractivity contribution in [2.45, 2.75) is 71.1 Å². The van der Waals surface area contributed by atoms with Gasteiger partial charge in [-0.3, -0.25) is 0 Å². The maximum absolute atomic E-state index is 12.3. The number of hydrogen-bond donors (Lipinski definition) is 0. The van der Waals surface area contributed by atoms with E-state index in [1.165, 1.54) is 44.9 Å². The molecule has 0 spiro atoms. The molecule has 0 heterocycles. The van der Waals surface area contributed by atoms with Crippen molar-refractivity contribution in [1.82, 2.24) is 0 Å². The van der Waals surface area contributed by atoms with Crippen molar-refractivity contribution >= 4 is 20.9 Å². The van der Waals surface area contributed by atoms with Crippen LogP contribution >= 0.6 is 0 Å². The number of fused-ring (bicyclic) bond motifs is 1. The first-order valence-electron chi connectivity index (χ1n) is 10.0. The Kier molecular flexibility index (Phi) is 8.96. The van der Waals surface area contributed by atoms with E-state index in [0.29, 0.717) is 12.2 Å². The molecule has 2 rings (SSSR count). The lowest BCUT2D eigenvalue weighted by atomic mass is 10.1. The molecule has 0 fully saturated rings. The average Bonchev–Trinajstić information content (AvgIpc) is 2.63. The van der Waals surface area contributed by atoms with Gasteiger partial charge in [-0.15, -0.1) is 0 Å². The van der Waals surface area contributed by atoms with E-state index in [2.05, 4.69) is 6.92 Å². The predicted octanol–water partition coefficient (Wildman–Crippen LogP) is 6.47. The molecular weight excluding hydrogens is 344 g/mol. The summed E-state index contributed by atoms with van der Waals surface area (Å²) in [6, 6.07) is 13.2. The van der Waals surface area contributed by atoms with Crippen LogP contribution in [0, 0.1) is 0 Å². The zero-order valence-corrected chi connectivity index (χ0v) is 16.8. The molecule has 4 heteroatoms. The Balaban J connectivity index is 1.67. The first kappa shape index (κ1) is 20.8. The lowest BCUT2D eigenvalue weighted by Gasteiger charge is -2.09. The van der Waals surface area contributed by atoms with Gasteiger partial charge in [-0.1, -0.05) is 101 Å². The van der Waals surface area contributed by atoms with Crippen LogP contribution in [0.15, 0.2) is 42.5 Å². The van der Waals surface area contributed by atoms with E-state index < -0.39 is 10.1 Å². The minimum absolute atomic E-state index is 0.0900. The van der Waals surface area contributed by atoms with Crippen molar-refractivity contribution in [3.05, 3.63) is 42.5 Å². The van der Waals surface area contributed by atoms with E-state index in [1.807, 2.05) is 36.4 Å². The van der Waals surface area contributed by atoms with Crippen molar-refractivity contribution in [2.75, 3.05) is 5.75 Å². The fourth-order valence-corrected chi connectivity index (χ4v) is 4.27. The van der Waals surface area contributed by atoms with E-state index in [0.717, 1.165) is 23.6 Å². The molecule has 0 saturated heterocycles. The van der Waals surface area contributed by atoms with Gasteiger partial charge in [-0.25, -0.2) is 0 Å². The summed E-state index contributed by atoms with van der Waals surface area (Å²) in [7, 11) is -3.53. The van der Waals surface area contributed by atoms with E-state index >= 15 is 0 Å². The van der Waals surface area contributed by atoms with Crippen LogP contribution in [0.4, 0.5) is 0 Å². The van der Waals surface area contributed by atoms with Crippen LogP contribution in [0.3, 0.4) is 0 Å². The molecular formula is C22H32O3S. The molecule has 144 valence electrons. The Labute approximate surface area is 158 Å². The van der Waals surface area contributed by atoms with Gasteiger partial charge in [-0.05, 0) is 17.9 Å². The van der Waals surface area contributed by atoms with E-state index in [-0.39, 0.29) is 5.75 Å². The Morgan fingerprint density at radius 1 is 0.731 bits per heavy atom. The van der Waals surface area contributed by atoms with Gasteiger partial charge in [-0.2, -0.15) is 8.42 Å². The zero-order chi connectivity index (χ0) is 18.7. The molecule has 3 nitrogen and oxygen atoms in total. The Morgan fingerprint density at radius 3 is 2.00 bits per heavy atom. The van der Waals surface area contributed by atoms with E-state index in [9.17, 15) is 8.42 Å². The molecule has 0 unspecified atom stereocenters. The van der Waals surface area contributed by atoms with Gasteiger partial charge in [0.25, 0.3) is 0 Å². The number of unbranched alkanes of at least 4 members (excludes halogenated alkanes) is 9. The van der Waals surface area contributed by atoms with Crippen molar-refractivity contribution in [2.24, 2.45) is 0 Å². The van der Waals surface area contributed by atoms with Crippen molar-refractivity contribution in [1.29, 1.82) is 0 Å². The predicted molar refractivity (Wildman–Crippen MR) is 110 cm³/mol. The summed E-state index contributed by atoms with van der Waals surface area (Å²) in [5, 5.41) is 1.82. The Morgan fingerprint density at radius 2 is 1.31 bits per heavy atom. The smallest absolute Gasteiger partial charge is 0.309 e. The maximum atomic E-state index is 12.3. The summed E-state index contributed by atoms with van der Waals surface area (Å²) < 4.78 is 29.9. The van der Waals surface area contributed by atoms with Crippen LogP contribution in [-0.4, -0.2) is 14.2 Å². The zero-order valence-electron chi connectivity index (χ0n) is 16.0. The molecule has 0 N–H and O–H groups in total. The van der Waals surface area contributed by atoms with Crippen molar-refractivity contribution in [3.63, 3.8) is 0 Å². The van der Waals surface area contributed by atoms with Crippen LogP contribution in [-0.2, 0) is 10.1 Å². The van der Waals surface area contributed by atoms with Gasteiger partial charge in [0.05, 0.1) is 5.75 Å². The van der Waals surface area contributed by atoms with Gasteiger partial charge in [0.1, 0.15) is 5.75 Å². The highest BCUT2D eigenvalue weighted by atomic mass is 32.2. The highest BCUT2D eigenvalue weighted by molar-refractivity contribution is 7.87. The van der Waals surface area contributed by atoms with Gasteiger partial charge < -0.3 is 4.18 Å². The molecule has 0 bridgehead atoms. The lowest BCUT2D eigenvalue weighted by Crippen LogP contribution is -2.14. The second kappa shape index (κ2) is 11.2. The number of hydrogen-bond acceptors (Lipinski definition) is 3. The molecule has 0 atom stereocenters. The third-order valence-electron chi connectivity index (χ3n) is 4.71.